The lowest BCUT2D eigenvalue weighted by atomic mass is 9.69. The van der Waals surface area contributed by atoms with Crippen LogP contribution in [0.2, 0.25) is 18.1 Å². The largest absolute Gasteiger partial charge is 0.410 e. The van der Waals surface area contributed by atoms with Crippen LogP contribution in [0.15, 0.2) is 84.5 Å². The summed E-state index contributed by atoms with van der Waals surface area (Å²) in [7, 11) is -4.77. The molecule has 0 amide bonds. The summed E-state index contributed by atoms with van der Waals surface area (Å²) in [5.41, 5.74) is 2.48. The molecule has 2 aromatic carbocycles. The van der Waals surface area contributed by atoms with Crippen molar-refractivity contribution in [3.8, 4) is 0 Å². The highest BCUT2D eigenvalue weighted by Gasteiger charge is 2.43. The first-order chi connectivity index (χ1) is 16.1. The molecule has 1 aliphatic rings. The minimum absolute atomic E-state index is 0.0213. The third-order valence-corrected chi connectivity index (χ3v) is 15.6. The van der Waals surface area contributed by atoms with Gasteiger partial charge in [0.15, 0.2) is 8.32 Å². The molecule has 0 bridgehead atoms. The molecule has 1 saturated carbocycles. The smallest absolute Gasteiger partial charge is 0.192 e. The summed E-state index contributed by atoms with van der Waals surface area (Å²) in [6.07, 6.45) is 4.71. The van der Waals surface area contributed by atoms with E-state index in [1.807, 2.05) is 60.7 Å². The van der Waals surface area contributed by atoms with Gasteiger partial charge in [-0.05, 0) is 53.5 Å². The monoisotopic (exact) mass is 508 g/mol. The molecule has 1 aliphatic carbocycles. The van der Waals surface area contributed by atoms with Crippen molar-refractivity contribution >= 4 is 26.1 Å². The number of allylic oxidation sites excluding steroid dienone is 1. The van der Waals surface area contributed by atoms with Gasteiger partial charge in [0.25, 0.3) is 0 Å². The third kappa shape index (κ3) is 6.37. The van der Waals surface area contributed by atoms with Gasteiger partial charge in [-0.1, -0.05) is 115 Å². The van der Waals surface area contributed by atoms with Gasteiger partial charge in [-0.25, -0.2) is 0 Å². The van der Waals surface area contributed by atoms with Gasteiger partial charge in [-0.3, -0.25) is 0 Å². The van der Waals surface area contributed by atoms with Gasteiger partial charge in [-0.15, -0.1) is 0 Å². The zero-order chi connectivity index (χ0) is 26.1. The molecule has 2 aromatic rings. The first-order valence-corrected chi connectivity index (χ1v) is 17.7. The van der Waals surface area contributed by atoms with Crippen molar-refractivity contribution in [2.45, 2.75) is 78.6 Å². The normalized spacial score (nSPS) is 21.4. The second kappa shape index (κ2) is 10.4. The minimum Gasteiger partial charge on any atom is -0.410 e. The van der Waals surface area contributed by atoms with Crippen LogP contribution >= 0.6 is 7.14 Å². The van der Waals surface area contributed by atoms with Crippen LogP contribution in [0.25, 0.3) is 0 Å². The second-order valence-corrected chi connectivity index (χ2v) is 20.4. The summed E-state index contributed by atoms with van der Waals surface area (Å²) in [4.78, 5) is 0. The average molecular weight is 509 g/mol. The van der Waals surface area contributed by atoms with E-state index in [0.717, 1.165) is 29.0 Å². The van der Waals surface area contributed by atoms with E-state index in [9.17, 15) is 4.57 Å². The highest BCUT2D eigenvalue weighted by molar-refractivity contribution is 7.78. The summed E-state index contributed by atoms with van der Waals surface area (Å²) in [6.45, 7) is 23.0. The fourth-order valence-corrected chi connectivity index (χ4v) is 8.36. The lowest BCUT2D eigenvalue weighted by Gasteiger charge is -2.45. The van der Waals surface area contributed by atoms with Gasteiger partial charge in [0.05, 0.1) is 6.10 Å². The lowest BCUT2D eigenvalue weighted by Crippen LogP contribution is -2.46. The Morgan fingerprint density at radius 1 is 0.943 bits per heavy atom. The maximum absolute atomic E-state index is 14.6. The molecule has 0 unspecified atom stereocenters. The molecule has 3 rings (SSSR count). The minimum atomic E-state index is -2.81. The lowest BCUT2D eigenvalue weighted by molar-refractivity contribution is 0.117. The van der Waals surface area contributed by atoms with Crippen LogP contribution in [-0.2, 0) is 8.99 Å². The van der Waals surface area contributed by atoms with E-state index >= 15 is 0 Å². The molecule has 4 heteroatoms. The molecular formula is C31H45O2PSi. The van der Waals surface area contributed by atoms with Gasteiger partial charge >= 0.3 is 0 Å². The molecule has 0 radical (unpaired) electrons. The van der Waals surface area contributed by atoms with Crippen LogP contribution in [0, 0.1) is 11.3 Å². The van der Waals surface area contributed by atoms with E-state index in [-0.39, 0.29) is 16.6 Å². The van der Waals surface area contributed by atoms with E-state index in [1.54, 1.807) is 0 Å². The molecule has 0 aliphatic heterocycles. The van der Waals surface area contributed by atoms with Crippen LogP contribution < -0.4 is 10.6 Å². The predicted octanol–water partition coefficient (Wildman–Crippen LogP) is 8.33. The van der Waals surface area contributed by atoms with Crippen LogP contribution in [0.4, 0.5) is 0 Å². The van der Waals surface area contributed by atoms with Crippen molar-refractivity contribution in [2.24, 2.45) is 11.3 Å². The van der Waals surface area contributed by atoms with Crippen LogP contribution in [0.3, 0.4) is 0 Å². The summed E-state index contributed by atoms with van der Waals surface area (Å²) < 4.78 is 21.5. The Morgan fingerprint density at radius 3 is 1.86 bits per heavy atom. The predicted molar refractivity (Wildman–Crippen MR) is 156 cm³/mol. The SMILES string of the molecule is C=C1/C(=C\CP(=O)(c2ccccc2)c2ccccc2)C[C@@H](C(C)(C)C)C[C@@H]1O[Si](C)(C)C(C)(C)C. The van der Waals surface area contributed by atoms with Crippen LogP contribution in [-0.4, -0.2) is 20.6 Å². The average Bonchev–Trinajstić information content (AvgIpc) is 2.79. The third-order valence-electron chi connectivity index (χ3n) is 8.18. The van der Waals surface area contributed by atoms with E-state index in [1.165, 1.54) is 5.57 Å². The molecule has 0 aromatic heterocycles. The summed E-state index contributed by atoms with van der Waals surface area (Å²) in [6, 6.07) is 19.9. The quantitative estimate of drug-likeness (QED) is 0.290. The first kappa shape index (κ1) is 27.9. The van der Waals surface area contributed by atoms with Crippen molar-refractivity contribution in [3.63, 3.8) is 0 Å². The molecule has 0 spiro atoms. The number of benzene rings is 2. The fourth-order valence-electron chi connectivity index (χ4n) is 4.55. The van der Waals surface area contributed by atoms with Gasteiger partial charge in [0.2, 0.25) is 0 Å². The molecule has 2 atom stereocenters. The standard InChI is InChI=1S/C31H45O2PSi/c1-24-25(22-26(30(2,3)4)23-29(24)33-35(8,9)31(5,6)7)20-21-34(32,27-16-12-10-13-17-27)28-18-14-11-15-19-28/h10-20,26,29H,1,21-23H2,2-9H3/b25-20-/t26-,29+/m1/s1. The topological polar surface area (TPSA) is 26.3 Å². The molecule has 0 saturated heterocycles. The van der Waals surface area contributed by atoms with Gasteiger partial charge < -0.3 is 8.99 Å². The maximum atomic E-state index is 14.6. The van der Waals surface area contributed by atoms with Crippen molar-refractivity contribution in [1.82, 2.24) is 0 Å². The zero-order valence-electron chi connectivity index (χ0n) is 23.1. The number of hydrogen-bond acceptors (Lipinski definition) is 2. The Morgan fingerprint density at radius 2 is 1.43 bits per heavy atom. The molecule has 2 nitrogen and oxygen atoms in total. The molecular weight excluding hydrogens is 463 g/mol. The Bertz CT molecular complexity index is 1040. The van der Waals surface area contributed by atoms with Crippen molar-refractivity contribution in [3.05, 3.63) is 84.5 Å². The molecule has 0 heterocycles. The molecule has 190 valence electrons. The maximum Gasteiger partial charge on any atom is 0.192 e. The first-order valence-electron chi connectivity index (χ1n) is 12.9. The van der Waals surface area contributed by atoms with Crippen molar-refractivity contribution in [2.75, 3.05) is 6.16 Å². The Balaban J connectivity index is 2.00. The summed E-state index contributed by atoms with van der Waals surface area (Å²) in [5.74, 6) is 0.488. The Kier molecular flexibility index (Phi) is 8.26. The van der Waals surface area contributed by atoms with Gasteiger partial charge in [0, 0.05) is 16.8 Å². The zero-order valence-corrected chi connectivity index (χ0v) is 25.0. The summed E-state index contributed by atoms with van der Waals surface area (Å²) in [5, 5.41) is 1.96. The summed E-state index contributed by atoms with van der Waals surface area (Å²) >= 11 is 0. The van der Waals surface area contributed by atoms with E-state index in [0.29, 0.717) is 12.1 Å². The second-order valence-electron chi connectivity index (χ2n) is 12.7. The van der Waals surface area contributed by atoms with Gasteiger partial charge in [0.1, 0.15) is 7.14 Å². The fraction of sp³-hybridized carbons (Fsp3) is 0.484. The van der Waals surface area contributed by atoms with Gasteiger partial charge in [-0.2, -0.15) is 0 Å². The van der Waals surface area contributed by atoms with Crippen LogP contribution in [0.1, 0.15) is 54.4 Å². The molecule has 0 N–H and O–H groups in total. The Hall–Kier alpha value is -1.67. The van der Waals surface area contributed by atoms with Crippen molar-refractivity contribution < 1.29 is 8.99 Å². The molecule has 1 fully saturated rings. The van der Waals surface area contributed by atoms with Crippen LogP contribution in [0.5, 0.6) is 0 Å². The van der Waals surface area contributed by atoms with E-state index < -0.39 is 15.5 Å². The number of hydrogen-bond donors (Lipinski definition) is 0. The highest BCUT2D eigenvalue weighted by Crippen LogP contribution is 2.48. The number of rotatable bonds is 6. The van der Waals surface area contributed by atoms with E-state index in [2.05, 4.69) is 67.3 Å². The highest BCUT2D eigenvalue weighted by atomic mass is 31.2. The molecule has 35 heavy (non-hydrogen) atoms. The van der Waals surface area contributed by atoms with Crippen molar-refractivity contribution in [1.29, 1.82) is 0 Å². The van der Waals surface area contributed by atoms with E-state index in [4.69, 9.17) is 4.43 Å². The Labute approximate surface area is 215 Å².